The molecule has 34 heavy (non-hydrogen) atoms. The van der Waals surface area contributed by atoms with Crippen LogP contribution in [0, 0.1) is 0 Å². The fourth-order valence-electron chi connectivity index (χ4n) is 5.25. The lowest BCUT2D eigenvalue weighted by Crippen LogP contribution is -2.11. The van der Waals surface area contributed by atoms with Crippen LogP contribution in [0.5, 0.6) is 0 Å². The first kappa shape index (κ1) is 21.1. The van der Waals surface area contributed by atoms with E-state index in [9.17, 15) is 0 Å². The highest BCUT2D eigenvalue weighted by molar-refractivity contribution is 6.00. The summed E-state index contributed by atoms with van der Waals surface area (Å²) in [6.45, 7) is 0.928. The van der Waals surface area contributed by atoms with E-state index in [-0.39, 0.29) is 0 Å². The average Bonchev–Trinajstić information content (AvgIpc) is 3.51. The first-order valence-corrected chi connectivity index (χ1v) is 12.5. The molecule has 0 aromatic carbocycles. The summed E-state index contributed by atoms with van der Waals surface area (Å²) in [4.78, 5) is 14.5. The van der Waals surface area contributed by atoms with Crippen LogP contribution in [-0.2, 0) is 7.05 Å². The standard InChI is InChI=1S/C27H31N7/c1-33-14-12-21(18-33)22-17-30-34-26(15-24(31-27(22)34)19-7-3-2-4-8-19)32-25-11-10-20(16-29-25)23-9-5-6-13-28-23/h10-12,14-19H,2-9,13H2,1H3,(H,29,32). The van der Waals surface area contributed by atoms with Crippen molar-refractivity contribution in [1.82, 2.24) is 24.1 Å². The molecule has 0 spiro atoms. The summed E-state index contributed by atoms with van der Waals surface area (Å²) in [6.07, 6.45) is 17.8. The Morgan fingerprint density at radius 2 is 1.88 bits per heavy atom. The van der Waals surface area contributed by atoms with Crippen molar-refractivity contribution in [2.45, 2.75) is 57.3 Å². The fourth-order valence-corrected chi connectivity index (χ4v) is 5.25. The normalized spacial score (nSPS) is 17.1. The Kier molecular flexibility index (Phi) is 5.61. The summed E-state index contributed by atoms with van der Waals surface area (Å²) in [5, 5.41) is 8.24. The molecule has 1 aliphatic heterocycles. The molecule has 4 aromatic rings. The molecule has 0 saturated heterocycles. The largest absolute Gasteiger partial charge is 0.357 e. The summed E-state index contributed by atoms with van der Waals surface area (Å²) in [7, 11) is 2.04. The van der Waals surface area contributed by atoms with Crippen molar-refractivity contribution in [2.24, 2.45) is 12.0 Å². The van der Waals surface area contributed by atoms with Gasteiger partial charge in [-0.15, -0.1) is 0 Å². The molecule has 0 atom stereocenters. The van der Waals surface area contributed by atoms with Gasteiger partial charge in [0.05, 0.1) is 6.20 Å². The number of aliphatic imine (C=N–C) groups is 1. The summed E-state index contributed by atoms with van der Waals surface area (Å²) in [5.74, 6) is 2.21. The van der Waals surface area contributed by atoms with Crippen molar-refractivity contribution < 1.29 is 0 Å². The third kappa shape index (κ3) is 4.11. The first-order chi connectivity index (χ1) is 16.7. The van der Waals surface area contributed by atoms with Crippen molar-refractivity contribution in [3.05, 3.63) is 60.3 Å². The maximum absolute atomic E-state index is 5.14. The quantitative estimate of drug-likeness (QED) is 0.409. The van der Waals surface area contributed by atoms with Gasteiger partial charge in [0, 0.05) is 72.3 Å². The van der Waals surface area contributed by atoms with Crippen molar-refractivity contribution >= 4 is 23.0 Å². The van der Waals surface area contributed by atoms with Crippen molar-refractivity contribution in [2.75, 3.05) is 11.9 Å². The summed E-state index contributed by atoms with van der Waals surface area (Å²) in [6, 6.07) is 8.46. The zero-order valence-electron chi connectivity index (χ0n) is 19.7. The molecule has 7 heteroatoms. The minimum Gasteiger partial charge on any atom is -0.357 e. The fraction of sp³-hybridized carbons (Fsp3) is 0.407. The second-order valence-corrected chi connectivity index (χ2v) is 9.60. The van der Waals surface area contributed by atoms with Crippen LogP contribution in [0.3, 0.4) is 0 Å². The van der Waals surface area contributed by atoms with Crippen LogP contribution in [0.15, 0.2) is 54.0 Å². The Bertz CT molecular complexity index is 1320. The van der Waals surface area contributed by atoms with Crippen LogP contribution in [0.2, 0.25) is 0 Å². The molecular formula is C27H31N7. The van der Waals surface area contributed by atoms with E-state index in [2.05, 4.69) is 45.5 Å². The van der Waals surface area contributed by atoms with Gasteiger partial charge < -0.3 is 9.88 Å². The van der Waals surface area contributed by atoms with Crippen LogP contribution in [0.1, 0.15) is 68.5 Å². The van der Waals surface area contributed by atoms with Gasteiger partial charge in [-0.2, -0.15) is 9.61 Å². The zero-order chi connectivity index (χ0) is 22.9. The average molecular weight is 454 g/mol. The maximum atomic E-state index is 5.14. The van der Waals surface area contributed by atoms with Crippen molar-refractivity contribution in [3.8, 4) is 11.1 Å². The third-order valence-corrected chi connectivity index (χ3v) is 7.14. The second kappa shape index (κ2) is 9.05. The van der Waals surface area contributed by atoms with Gasteiger partial charge in [-0.05, 0) is 50.3 Å². The Labute approximate surface area is 200 Å². The van der Waals surface area contributed by atoms with Crippen LogP contribution < -0.4 is 5.32 Å². The molecule has 1 N–H and O–H groups in total. The van der Waals surface area contributed by atoms with Gasteiger partial charge in [0.25, 0.3) is 0 Å². The van der Waals surface area contributed by atoms with Crippen molar-refractivity contribution in [1.29, 1.82) is 0 Å². The molecule has 6 rings (SSSR count). The van der Waals surface area contributed by atoms with Crippen LogP contribution >= 0.6 is 0 Å². The summed E-state index contributed by atoms with van der Waals surface area (Å²) < 4.78 is 3.97. The van der Waals surface area contributed by atoms with Gasteiger partial charge in [0.2, 0.25) is 0 Å². The van der Waals surface area contributed by atoms with Gasteiger partial charge in [-0.3, -0.25) is 4.99 Å². The van der Waals surface area contributed by atoms with E-state index >= 15 is 0 Å². The summed E-state index contributed by atoms with van der Waals surface area (Å²) >= 11 is 0. The number of aromatic nitrogens is 5. The van der Waals surface area contributed by atoms with Crippen LogP contribution in [0.4, 0.5) is 11.6 Å². The smallest absolute Gasteiger partial charge is 0.165 e. The number of fused-ring (bicyclic) bond motifs is 1. The third-order valence-electron chi connectivity index (χ3n) is 7.14. The van der Waals surface area contributed by atoms with E-state index < -0.39 is 0 Å². The van der Waals surface area contributed by atoms with E-state index in [4.69, 9.17) is 15.1 Å². The van der Waals surface area contributed by atoms with Gasteiger partial charge in [-0.25, -0.2) is 9.97 Å². The number of pyridine rings is 1. The molecule has 1 fully saturated rings. The number of nitrogens with one attached hydrogen (secondary N) is 1. The maximum Gasteiger partial charge on any atom is 0.165 e. The molecule has 7 nitrogen and oxygen atoms in total. The number of rotatable bonds is 5. The highest BCUT2D eigenvalue weighted by atomic mass is 15.3. The zero-order valence-corrected chi connectivity index (χ0v) is 19.7. The number of hydrogen-bond acceptors (Lipinski definition) is 5. The van der Waals surface area contributed by atoms with Crippen LogP contribution in [-0.4, -0.2) is 36.4 Å². The highest BCUT2D eigenvalue weighted by Gasteiger charge is 2.21. The van der Waals surface area contributed by atoms with E-state index in [1.165, 1.54) is 50.7 Å². The number of hydrogen-bond donors (Lipinski definition) is 1. The topological polar surface area (TPSA) is 72.4 Å². The summed E-state index contributed by atoms with van der Waals surface area (Å²) in [5.41, 5.74) is 6.53. The lowest BCUT2D eigenvalue weighted by Gasteiger charge is -2.22. The van der Waals surface area contributed by atoms with E-state index in [0.717, 1.165) is 52.6 Å². The number of aryl methyl sites for hydroxylation is 1. The Morgan fingerprint density at radius 1 is 0.971 bits per heavy atom. The molecule has 0 radical (unpaired) electrons. The lowest BCUT2D eigenvalue weighted by molar-refractivity contribution is 0.437. The van der Waals surface area contributed by atoms with Gasteiger partial charge in [0.15, 0.2) is 5.65 Å². The molecule has 2 aliphatic rings. The number of anilines is 2. The monoisotopic (exact) mass is 453 g/mol. The predicted molar refractivity (Wildman–Crippen MR) is 136 cm³/mol. The van der Waals surface area contributed by atoms with E-state index in [1.54, 1.807) is 0 Å². The Hall–Kier alpha value is -3.48. The van der Waals surface area contributed by atoms with Crippen LogP contribution in [0.25, 0.3) is 16.8 Å². The van der Waals surface area contributed by atoms with Gasteiger partial charge >= 0.3 is 0 Å². The molecule has 5 heterocycles. The first-order valence-electron chi connectivity index (χ1n) is 12.5. The lowest BCUT2D eigenvalue weighted by atomic mass is 9.87. The van der Waals surface area contributed by atoms with Gasteiger partial charge in [0.1, 0.15) is 11.6 Å². The molecule has 0 unspecified atom stereocenters. The molecule has 1 saturated carbocycles. The van der Waals surface area contributed by atoms with E-state index in [1.807, 2.05) is 30.0 Å². The predicted octanol–water partition coefficient (Wildman–Crippen LogP) is 5.89. The molecule has 1 aliphatic carbocycles. The Morgan fingerprint density at radius 3 is 2.62 bits per heavy atom. The SMILES string of the molecule is Cn1ccc(-c2cnn3c(Nc4ccc(C5=NCCCC5)cn4)cc(C4CCCCC4)nc23)c1. The van der Waals surface area contributed by atoms with E-state index in [0.29, 0.717) is 5.92 Å². The molecule has 0 amide bonds. The molecular weight excluding hydrogens is 422 g/mol. The number of nitrogens with zero attached hydrogens (tertiary/aromatic N) is 6. The highest BCUT2D eigenvalue weighted by Crippen LogP contribution is 2.35. The Balaban J connectivity index is 1.38. The molecule has 0 bridgehead atoms. The minimum absolute atomic E-state index is 0.498. The molecule has 174 valence electrons. The second-order valence-electron chi connectivity index (χ2n) is 9.60. The molecule has 4 aromatic heterocycles. The minimum atomic E-state index is 0.498. The van der Waals surface area contributed by atoms with Crippen molar-refractivity contribution in [3.63, 3.8) is 0 Å². The van der Waals surface area contributed by atoms with Gasteiger partial charge in [-0.1, -0.05) is 19.3 Å².